The number of benzene rings is 2. The van der Waals surface area contributed by atoms with Gasteiger partial charge < -0.3 is 9.84 Å². The van der Waals surface area contributed by atoms with Crippen LogP contribution in [-0.4, -0.2) is 23.7 Å². The molecule has 0 aromatic heterocycles. The van der Waals surface area contributed by atoms with E-state index < -0.39 is 5.97 Å². The zero-order valence-corrected chi connectivity index (χ0v) is 15.7. The quantitative estimate of drug-likeness (QED) is 0.769. The van der Waals surface area contributed by atoms with E-state index >= 15 is 0 Å². The highest BCUT2D eigenvalue weighted by Gasteiger charge is 2.03. The number of hydrogen-bond donors (Lipinski definition) is 1. The minimum atomic E-state index is -0.875. The summed E-state index contributed by atoms with van der Waals surface area (Å²) in [6, 6.07) is 14.1. The molecule has 0 aliphatic rings. The average molecular weight is 344 g/mol. The van der Waals surface area contributed by atoms with Crippen molar-refractivity contribution in [3.05, 3.63) is 70.8 Å². The Balaban J connectivity index is 0.000000403. The molecule has 0 fully saturated rings. The lowest BCUT2D eigenvalue weighted by Gasteiger charge is -2.00. The van der Waals surface area contributed by atoms with Crippen molar-refractivity contribution < 1.29 is 19.4 Å². The topological polar surface area (TPSA) is 63.6 Å². The molecule has 0 aliphatic carbocycles. The van der Waals surface area contributed by atoms with Gasteiger partial charge in [0.25, 0.3) is 0 Å². The molecule has 0 atom stereocenters. The molecule has 0 radical (unpaired) electrons. The van der Waals surface area contributed by atoms with Gasteiger partial charge in [-0.2, -0.15) is 0 Å². The van der Waals surface area contributed by atoms with Crippen molar-refractivity contribution in [2.75, 3.05) is 6.61 Å². The summed E-state index contributed by atoms with van der Waals surface area (Å²) < 4.78 is 4.83. The molecule has 2 aromatic carbocycles. The average Bonchev–Trinajstić information content (AvgIpc) is 2.57. The van der Waals surface area contributed by atoms with E-state index in [1.165, 1.54) is 6.42 Å². The lowest BCUT2D eigenvalue weighted by molar-refractivity contribution is 0.0526. The summed E-state index contributed by atoms with van der Waals surface area (Å²) in [6.45, 7) is 10.4. The van der Waals surface area contributed by atoms with E-state index in [9.17, 15) is 9.59 Å². The Bertz CT molecular complexity index is 628. The normalized spacial score (nSPS) is 9.00. The lowest BCUT2D eigenvalue weighted by atomic mass is 10.1. The second kappa shape index (κ2) is 12.8. The zero-order valence-electron chi connectivity index (χ0n) is 15.7. The lowest BCUT2D eigenvalue weighted by Crippen LogP contribution is -2.03. The van der Waals surface area contributed by atoms with Crippen LogP contribution in [0.15, 0.2) is 48.5 Å². The first-order valence-corrected chi connectivity index (χ1v) is 8.39. The van der Waals surface area contributed by atoms with Crippen LogP contribution in [0.25, 0.3) is 0 Å². The Morgan fingerprint density at radius 2 is 1.16 bits per heavy atom. The summed E-state index contributed by atoms with van der Waals surface area (Å²) in [5.41, 5.74) is 3.17. The van der Waals surface area contributed by atoms with E-state index in [0.717, 1.165) is 11.1 Å². The van der Waals surface area contributed by atoms with Crippen LogP contribution in [0.1, 0.15) is 59.0 Å². The number of ether oxygens (including phenoxy) is 1. The SMILES string of the molecule is CCC.CCOC(=O)c1ccc(C)cc1.Cc1ccc(C(=O)O)cc1. The molecule has 4 heteroatoms. The Morgan fingerprint density at radius 3 is 1.48 bits per heavy atom. The minimum Gasteiger partial charge on any atom is -0.478 e. The molecule has 0 bridgehead atoms. The van der Waals surface area contributed by atoms with Crippen molar-refractivity contribution in [1.82, 2.24) is 0 Å². The van der Waals surface area contributed by atoms with Crippen LogP contribution in [0, 0.1) is 13.8 Å². The number of carbonyl (C=O) groups excluding carboxylic acids is 1. The number of hydrogen-bond acceptors (Lipinski definition) is 3. The number of aryl methyl sites for hydroxylation is 2. The highest BCUT2D eigenvalue weighted by Crippen LogP contribution is 2.04. The van der Waals surface area contributed by atoms with E-state index in [0.29, 0.717) is 17.7 Å². The molecule has 136 valence electrons. The smallest absolute Gasteiger partial charge is 0.338 e. The van der Waals surface area contributed by atoms with Crippen LogP contribution < -0.4 is 0 Å². The van der Waals surface area contributed by atoms with Crippen molar-refractivity contribution >= 4 is 11.9 Å². The van der Waals surface area contributed by atoms with Crippen molar-refractivity contribution in [3.8, 4) is 0 Å². The summed E-state index contributed by atoms with van der Waals surface area (Å²) in [4.78, 5) is 21.4. The number of carbonyl (C=O) groups is 2. The van der Waals surface area contributed by atoms with Gasteiger partial charge in [0, 0.05) is 0 Å². The first-order chi connectivity index (χ1) is 11.8. The molecule has 0 heterocycles. The van der Waals surface area contributed by atoms with Crippen molar-refractivity contribution in [2.24, 2.45) is 0 Å². The summed E-state index contributed by atoms with van der Waals surface area (Å²) >= 11 is 0. The third kappa shape index (κ3) is 9.97. The van der Waals surface area contributed by atoms with Gasteiger partial charge >= 0.3 is 11.9 Å². The van der Waals surface area contributed by atoms with Gasteiger partial charge in [0.15, 0.2) is 0 Å². The van der Waals surface area contributed by atoms with Gasteiger partial charge in [-0.15, -0.1) is 0 Å². The maximum Gasteiger partial charge on any atom is 0.338 e. The molecule has 1 N–H and O–H groups in total. The first kappa shape index (κ1) is 22.4. The third-order valence-electron chi connectivity index (χ3n) is 2.86. The molecule has 25 heavy (non-hydrogen) atoms. The van der Waals surface area contributed by atoms with Crippen LogP contribution in [0.5, 0.6) is 0 Å². The highest BCUT2D eigenvalue weighted by atomic mass is 16.5. The molecule has 2 aromatic rings. The molecule has 0 saturated carbocycles. The van der Waals surface area contributed by atoms with Crippen LogP contribution in [0.2, 0.25) is 0 Å². The van der Waals surface area contributed by atoms with Crippen molar-refractivity contribution in [1.29, 1.82) is 0 Å². The van der Waals surface area contributed by atoms with E-state index in [1.807, 2.05) is 26.0 Å². The monoisotopic (exact) mass is 344 g/mol. The van der Waals surface area contributed by atoms with E-state index in [4.69, 9.17) is 9.84 Å². The van der Waals surface area contributed by atoms with E-state index in [2.05, 4.69) is 13.8 Å². The van der Waals surface area contributed by atoms with Crippen molar-refractivity contribution in [3.63, 3.8) is 0 Å². The fourth-order valence-corrected chi connectivity index (χ4v) is 1.60. The van der Waals surface area contributed by atoms with Crippen LogP contribution in [0.3, 0.4) is 0 Å². The fraction of sp³-hybridized carbons (Fsp3) is 0.333. The molecule has 4 nitrogen and oxygen atoms in total. The molecule has 0 aliphatic heterocycles. The van der Waals surface area contributed by atoms with Gasteiger partial charge in [0.05, 0.1) is 17.7 Å². The number of carboxylic acids is 1. The first-order valence-electron chi connectivity index (χ1n) is 8.39. The summed E-state index contributed by atoms with van der Waals surface area (Å²) in [5.74, 6) is -1.13. The molecular weight excluding hydrogens is 316 g/mol. The van der Waals surface area contributed by atoms with Gasteiger partial charge in [-0.05, 0) is 45.0 Å². The fourth-order valence-electron chi connectivity index (χ4n) is 1.60. The van der Waals surface area contributed by atoms with Gasteiger partial charge in [-0.1, -0.05) is 55.7 Å². The summed E-state index contributed by atoms with van der Waals surface area (Å²) in [5, 5.41) is 8.48. The number of rotatable bonds is 3. The highest BCUT2D eigenvalue weighted by molar-refractivity contribution is 5.89. The summed E-state index contributed by atoms with van der Waals surface area (Å²) in [7, 11) is 0. The predicted molar refractivity (Wildman–Crippen MR) is 101 cm³/mol. The van der Waals surface area contributed by atoms with Crippen LogP contribution in [0.4, 0.5) is 0 Å². The van der Waals surface area contributed by atoms with Crippen LogP contribution >= 0.6 is 0 Å². The molecule has 0 amide bonds. The maximum absolute atomic E-state index is 11.1. The summed E-state index contributed by atoms with van der Waals surface area (Å²) in [6.07, 6.45) is 1.25. The Labute approximate surface area is 150 Å². The number of aromatic carboxylic acids is 1. The third-order valence-corrected chi connectivity index (χ3v) is 2.86. The van der Waals surface area contributed by atoms with Crippen molar-refractivity contribution in [2.45, 2.75) is 41.0 Å². The predicted octanol–water partition coefficient (Wildman–Crippen LogP) is 5.28. The molecule has 2 rings (SSSR count). The largest absolute Gasteiger partial charge is 0.478 e. The Morgan fingerprint density at radius 1 is 0.800 bits per heavy atom. The van der Waals surface area contributed by atoms with Gasteiger partial charge in [0.1, 0.15) is 0 Å². The maximum atomic E-state index is 11.1. The Hall–Kier alpha value is -2.62. The van der Waals surface area contributed by atoms with E-state index in [-0.39, 0.29) is 5.97 Å². The zero-order chi connectivity index (χ0) is 19.2. The van der Waals surface area contributed by atoms with Gasteiger partial charge in [0.2, 0.25) is 0 Å². The second-order valence-electron chi connectivity index (χ2n) is 5.46. The molecule has 0 unspecified atom stereocenters. The minimum absolute atomic E-state index is 0.252. The van der Waals surface area contributed by atoms with E-state index in [1.54, 1.807) is 43.3 Å². The van der Waals surface area contributed by atoms with Gasteiger partial charge in [-0.25, -0.2) is 9.59 Å². The number of esters is 1. The van der Waals surface area contributed by atoms with Crippen LogP contribution in [-0.2, 0) is 4.74 Å². The second-order valence-corrected chi connectivity index (χ2v) is 5.46. The standard InChI is InChI=1S/C10H12O2.C8H8O2.C3H8/c1-3-12-10(11)9-6-4-8(2)5-7-9;1-6-2-4-7(5-3-6)8(9)10;1-3-2/h4-7H,3H2,1-2H3;2-5H,1H3,(H,9,10);3H2,1-2H3. The molecular formula is C21H28O4. The molecule has 0 saturated heterocycles. The Kier molecular flexibility index (Phi) is 11.4. The number of carboxylic acid groups (broad SMARTS) is 1. The van der Waals surface area contributed by atoms with Gasteiger partial charge in [-0.3, -0.25) is 0 Å². The molecule has 0 spiro atoms.